The molecule has 0 atom stereocenters. The van der Waals surface area contributed by atoms with Gasteiger partial charge in [-0.15, -0.1) is 0 Å². The lowest BCUT2D eigenvalue weighted by atomic mass is 9.97. The van der Waals surface area contributed by atoms with Crippen LogP contribution in [0.25, 0.3) is 0 Å². The van der Waals surface area contributed by atoms with Gasteiger partial charge in [0.25, 0.3) is 0 Å². The zero-order valence-electron chi connectivity index (χ0n) is 55.3. The number of hydrogen-bond acceptors (Lipinski definition) is 17. The Hall–Kier alpha value is -8.52. The maximum atomic E-state index is 13.9. The van der Waals surface area contributed by atoms with Crippen LogP contribution in [0, 0.1) is 5.92 Å². The Morgan fingerprint density at radius 2 is 0.511 bits per heavy atom. The molecular formula is C61H101N11O22. The number of piperidine rings is 1. The average Bonchev–Trinajstić information content (AvgIpc) is 3.29. The van der Waals surface area contributed by atoms with Crippen LogP contribution in [-0.2, 0) is 76.7 Å². The first-order valence-corrected chi connectivity index (χ1v) is 32.3. The summed E-state index contributed by atoms with van der Waals surface area (Å²) >= 11 is 0. The second kappa shape index (κ2) is 46.5. The van der Waals surface area contributed by atoms with Crippen molar-refractivity contribution < 1.29 is 107 Å². The van der Waals surface area contributed by atoms with Crippen LogP contribution in [0.15, 0.2) is 0 Å². The van der Waals surface area contributed by atoms with Gasteiger partial charge in [-0.2, -0.15) is 0 Å². The monoisotopic (exact) mass is 1340 g/mol. The number of hydrogen-bond donors (Lipinski definition) is 7. The topological polar surface area (TPSA) is 439 Å². The third kappa shape index (κ3) is 34.9. The van der Waals surface area contributed by atoms with Gasteiger partial charge < -0.3 is 85.0 Å². The quantitative estimate of drug-likeness (QED) is 0.0412. The Kier molecular flexibility index (Phi) is 41.3. The van der Waals surface area contributed by atoms with Crippen molar-refractivity contribution in [3.8, 4) is 0 Å². The molecule has 0 aromatic rings. The second-order valence-electron chi connectivity index (χ2n) is 22.5. The van der Waals surface area contributed by atoms with E-state index in [1.807, 2.05) is 4.90 Å². The molecule has 1 rings (SSSR count). The minimum atomic E-state index is -1.34. The van der Waals surface area contributed by atoms with Crippen molar-refractivity contribution in [3.05, 3.63) is 0 Å². The number of rotatable bonds is 51. The minimum Gasteiger partial charge on any atom is -0.481 e. The molecule has 0 bridgehead atoms. The fourth-order valence-corrected chi connectivity index (χ4v) is 10.1. The van der Waals surface area contributed by atoms with E-state index in [1.54, 1.807) is 39.5 Å². The van der Waals surface area contributed by atoms with Crippen LogP contribution in [-0.4, -0.2) is 319 Å². The summed E-state index contributed by atoms with van der Waals surface area (Å²) in [5.41, 5.74) is 0. The number of likely N-dealkylation sites (tertiary alicyclic amines) is 1. The molecule has 1 aliphatic heterocycles. The number of aliphatic carboxylic acids is 6. The van der Waals surface area contributed by atoms with Crippen molar-refractivity contribution in [2.45, 2.75) is 144 Å². The molecule has 33 heteroatoms. The van der Waals surface area contributed by atoms with E-state index in [0.29, 0.717) is 25.9 Å². The number of carbonyl (C=O) groups excluding carboxylic acids is 10. The zero-order chi connectivity index (χ0) is 70.9. The van der Waals surface area contributed by atoms with Crippen LogP contribution in [0.5, 0.6) is 0 Å². The molecule has 0 saturated carbocycles. The molecule has 0 aliphatic carbocycles. The fraction of sp³-hybridized carbons (Fsp3) is 0.738. The van der Waals surface area contributed by atoms with Crippen LogP contribution < -0.4 is 5.32 Å². The van der Waals surface area contributed by atoms with Crippen molar-refractivity contribution in [3.63, 3.8) is 0 Å². The molecule has 0 spiro atoms. The summed E-state index contributed by atoms with van der Waals surface area (Å²) in [5.74, 6) is -12.9. The Morgan fingerprint density at radius 1 is 0.298 bits per heavy atom. The van der Waals surface area contributed by atoms with Gasteiger partial charge >= 0.3 is 35.8 Å². The summed E-state index contributed by atoms with van der Waals surface area (Å²) < 4.78 is 0. The molecule has 7 N–H and O–H groups in total. The van der Waals surface area contributed by atoms with Crippen molar-refractivity contribution in [1.82, 2.24) is 54.3 Å². The Bertz CT molecular complexity index is 2550. The Balaban J connectivity index is 3.60. The molecule has 1 saturated heterocycles. The molecule has 1 aliphatic rings. The van der Waals surface area contributed by atoms with Crippen LogP contribution >= 0.6 is 0 Å². The third-order valence-electron chi connectivity index (χ3n) is 15.9. The largest absolute Gasteiger partial charge is 0.481 e. The molecular weight excluding hydrogens is 1240 g/mol. The standard InChI is InChI=1S/C61H101N11O22/c1-6-46(73)62-23-26-64(47(74)7-2)29-30-65(48(75)8-3)31-32-66(49(76)9-4)33-34-67(50(77)10-5)35-36-69(52(79)12-17-57(85)86)39-40-71(54(81)14-19-59(89)90)43-44-72(55(82)15-20-60(91)92)42-41-70(53(80)13-18-58(87)88)38-37-68(51(78)11-16-56(83)84)28-27-63-24-21-45(22-25-63)61(93)94/h45H,6-44H2,1-5H3,(H,62,73)(H,83,84)(H,85,86)(H,87,88)(H,89,90)(H,91,92)(H,93,94). The summed E-state index contributed by atoms with van der Waals surface area (Å²) in [7, 11) is 0. The summed E-state index contributed by atoms with van der Waals surface area (Å²) in [6, 6.07) is 0. The summed E-state index contributed by atoms with van der Waals surface area (Å²) in [6.45, 7) is 7.11. The first-order valence-electron chi connectivity index (χ1n) is 32.3. The van der Waals surface area contributed by atoms with E-state index in [9.17, 15) is 107 Å². The van der Waals surface area contributed by atoms with E-state index in [4.69, 9.17) is 0 Å². The second-order valence-corrected chi connectivity index (χ2v) is 22.5. The Morgan fingerprint density at radius 3 is 0.713 bits per heavy atom. The highest BCUT2D eigenvalue weighted by Crippen LogP contribution is 2.18. The predicted octanol–water partition coefficient (Wildman–Crippen LogP) is -0.269. The SMILES string of the molecule is CCC(=O)NCCN(CCN(CCN(CCN(CCN(CCN(CCN(CCN(CCN(CCN1CCC(C(=O)O)CC1)C(=O)CCC(=O)O)C(=O)CCC(=O)O)C(=O)CCC(=O)O)C(=O)CCC(=O)O)C(=O)CCC(=O)O)C(=O)CC)C(=O)CC)C(=O)CC)C(=O)CC. The molecule has 1 heterocycles. The summed E-state index contributed by atoms with van der Waals surface area (Å²) in [4.78, 5) is 218. The lowest BCUT2D eigenvalue weighted by molar-refractivity contribution is -0.144. The number of nitrogens with zero attached hydrogens (tertiary/aromatic N) is 10. The van der Waals surface area contributed by atoms with Gasteiger partial charge in [-0.05, 0) is 25.9 Å². The van der Waals surface area contributed by atoms with Crippen LogP contribution in [0.4, 0.5) is 0 Å². The van der Waals surface area contributed by atoms with E-state index in [0.717, 1.165) is 9.80 Å². The molecule has 0 unspecified atom stereocenters. The molecule has 10 amide bonds. The van der Waals surface area contributed by atoms with E-state index in [1.165, 1.54) is 29.4 Å². The highest BCUT2D eigenvalue weighted by molar-refractivity contribution is 5.85. The lowest BCUT2D eigenvalue weighted by Gasteiger charge is -2.34. The van der Waals surface area contributed by atoms with Gasteiger partial charge in [-0.3, -0.25) is 76.7 Å². The van der Waals surface area contributed by atoms with Crippen molar-refractivity contribution in [1.29, 1.82) is 0 Å². The molecule has 1 fully saturated rings. The van der Waals surface area contributed by atoms with Gasteiger partial charge in [0.15, 0.2) is 0 Å². The molecule has 0 radical (unpaired) electrons. The maximum absolute atomic E-state index is 13.9. The van der Waals surface area contributed by atoms with Gasteiger partial charge in [-0.1, -0.05) is 34.6 Å². The molecule has 0 aromatic heterocycles. The first-order chi connectivity index (χ1) is 44.5. The van der Waals surface area contributed by atoms with Crippen LogP contribution in [0.1, 0.15) is 144 Å². The van der Waals surface area contributed by atoms with E-state index >= 15 is 0 Å². The van der Waals surface area contributed by atoms with Gasteiger partial charge in [0.05, 0.1) is 38.0 Å². The molecule has 33 nitrogen and oxygen atoms in total. The van der Waals surface area contributed by atoms with E-state index < -0.39 is 141 Å². The third-order valence-corrected chi connectivity index (χ3v) is 15.9. The molecule has 532 valence electrons. The zero-order valence-corrected chi connectivity index (χ0v) is 55.3. The van der Waals surface area contributed by atoms with Gasteiger partial charge in [-0.25, -0.2) is 0 Å². The maximum Gasteiger partial charge on any atom is 0.306 e. The van der Waals surface area contributed by atoms with E-state index in [-0.39, 0.29) is 187 Å². The number of carboxylic acids is 6. The van der Waals surface area contributed by atoms with Crippen LogP contribution in [0.2, 0.25) is 0 Å². The number of carboxylic acid groups (broad SMARTS) is 6. The van der Waals surface area contributed by atoms with Crippen LogP contribution in [0.3, 0.4) is 0 Å². The minimum absolute atomic E-state index is 0.0188. The average molecular weight is 1340 g/mol. The Labute approximate surface area is 548 Å². The van der Waals surface area contributed by atoms with Gasteiger partial charge in [0.2, 0.25) is 59.1 Å². The van der Waals surface area contributed by atoms with Crippen molar-refractivity contribution in [2.75, 3.05) is 144 Å². The predicted molar refractivity (Wildman–Crippen MR) is 335 cm³/mol. The smallest absolute Gasteiger partial charge is 0.306 e. The highest BCUT2D eigenvalue weighted by atomic mass is 16.4. The number of amides is 10. The number of carbonyl (C=O) groups is 16. The van der Waals surface area contributed by atoms with E-state index in [2.05, 4.69) is 5.32 Å². The lowest BCUT2D eigenvalue weighted by Crippen LogP contribution is -2.49. The first kappa shape index (κ1) is 83.5. The summed E-state index contributed by atoms with van der Waals surface area (Å²) in [5, 5.41) is 59.6. The number of nitrogens with one attached hydrogen (secondary N) is 1. The van der Waals surface area contributed by atoms with Gasteiger partial charge in [0.1, 0.15) is 0 Å². The molecule has 94 heavy (non-hydrogen) atoms. The fourth-order valence-electron chi connectivity index (χ4n) is 10.1. The highest BCUT2D eigenvalue weighted by Gasteiger charge is 2.29. The normalized spacial score (nSPS) is 12.1. The van der Waals surface area contributed by atoms with Crippen molar-refractivity contribution >= 4 is 94.9 Å². The van der Waals surface area contributed by atoms with Gasteiger partial charge in [0, 0.05) is 195 Å². The summed E-state index contributed by atoms with van der Waals surface area (Å²) in [6.07, 6.45) is -4.33. The van der Waals surface area contributed by atoms with Crippen molar-refractivity contribution in [2.24, 2.45) is 5.92 Å². The molecule has 0 aromatic carbocycles.